The van der Waals surface area contributed by atoms with Gasteiger partial charge in [-0.05, 0) is 42.8 Å². The molecule has 1 aliphatic rings. The number of thiazole rings is 1. The van der Waals surface area contributed by atoms with Gasteiger partial charge in [0.1, 0.15) is 5.75 Å². The Hall–Kier alpha value is -3.15. The first-order valence-electron chi connectivity index (χ1n) is 9.11. The van der Waals surface area contributed by atoms with Crippen molar-refractivity contribution >= 4 is 32.4 Å². The van der Waals surface area contributed by atoms with Crippen molar-refractivity contribution in [3.63, 3.8) is 0 Å². The molecule has 3 N–H and O–H groups in total. The van der Waals surface area contributed by atoms with E-state index in [0.717, 1.165) is 16.1 Å². The van der Waals surface area contributed by atoms with Crippen molar-refractivity contribution in [1.82, 2.24) is 4.98 Å². The Morgan fingerprint density at radius 3 is 2.74 bits per heavy atom. The SMILES string of the molecule is COc1ccc(S(N)(=O)=O)cc1C(=O)Nc1nc(C)c(Cc2ccc3c(c2)OCO3)s1. The summed E-state index contributed by atoms with van der Waals surface area (Å²) in [4.78, 5) is 18.0. The summed E-state index contributed by atoms with van der Waals surface area (Å²) in [5.41, 5.74) is 1.85. The van der Waals surface area contributed by atoms with E-state index in [-0.39, 0.29) is 23.0 Å². The number of nitrogens with two attached hydrogens (primary N) is 1. The van der Waals surface area contributed by atoms with Crippen LogP contribution in [0.3, 0.4) is 0 Å². The number of primary sulfonamides is 1. The Morgan fingerprint density at radius 2 is 2.00 bits per heavy atom. The molecule has 1 amide bonds. The van der Waals surface area contributed by atoms with Crippen LogP contribution >= 0.6 is 11.3 Å². The summed E-state index contributed by atoms with van der Waals surface area (Å²) in [7, 11) is -2.58. The van der Waals surface area contributed by atoms with Gasteiger partial charge in [0.2, 0.25) is 16.8 Å². The van der Waals surface area contributed by atoms with Gasteiger partial charge in [-0.3, -0.25) is 10.1 Å². The number of benzene rings is 2. The monoisotopic (exact) mass is 461 g/mol. The number of rotatable bonds is 6. The van der Waals surface area contributed by atoms with Crippen LogP contribution in [0.1, 0.15) is 26.5 Å². The van der Waals surface area contributed by atoms with Gasteiger partial charge in [-0.15, -0.1) is 11.3 Å². The van der Waals surface area contributed by atoms with E-state index in [1.807, 2.05) is 25.1 Å². The van der Waals surface area contributed by atoms with E-state index in [4.69, 9.17) is 19.3 Å². The van der Waals surface area contributed by atoms with Gasteiger partial charge < -0.3 is 14.2 Å². The molecule has 0 bridgehead atoms. The number of anilines is 1. The van der Waals surface area contributed by atoms with E-state index >= 15 is 0 Å². The molecule has 4 rings (SSSR count). The van der Waals surface area contributed by atoms with Crippen LogP contribution < -0.4 is 24.7 Å². The molecular formula is C20H19N3O6S2. The Kier molecular flexibility index (Phi) is 5.56. The summed E-state index contributed by atoms with van der Waals surface area (Å²) in [5, 5.41) is 8.27. The zero-order valence-electron chi connectivity index (χ0n) is 16.7. The molecule has 2 heterocycles. The van der Waals surface area contributed by atoms with E-state index in [1.54, 1.807) is 0 Å². The molecule has 0 radical (unpaired) electrons. The molecule has 9 nitrogen and oxygen atoms in total. The van der Waals surface area contributed by atoms with Gasteiger partial charge >= 0.3 is 0 Å². The lowest BCUT2D eigenvalue weighted by atomic mass is 10.1. The number of sulfonamides is 1. The lowest BCUT2D eigenvalue weighted by Gasteiger charge is -2.09. The average Bonchev–Trinajstić information content (AvgIpc) is 3.32. The van der Waals surface area contributed by atoms with Crippen LogP contribution in [0.25, 0.3) is 0 Å². The van der Waals surface area contributed by atoms with Gasteiger partial charge in [0, 0.05) is 11.3 Å². The topological polar surface area (TPSA) is 130 Å². The van der Waals surface area contributed by atoms with Gasteiger partial charge in [0.15, 0.2) is 16.6 Å². The van der Waals surface area contributed by atoms with Gasteiger partial charge in [0.25, 0.3) is 5.91 Å². The van der Waals surface area contributed by atoms with E-state index in [2.05, 4.69) is 10.3 Å². The molecule has 0 fully saturated rings. The zero-order valence-corrected chi connectivity index (χ0v) is 18.3. The third-order valence-corrected chi connectivity index (χ3v) is 6.64. The maximum Gasteiger partial charge on any atom is 0.261 e. The standard InChI is InChI=1S/C20H19N3O6S2/c1-11-18(8-12-3-5-16-17(7-12)29-10-28-16)30-20(22-11)23-19(24)14-9-13(31(21,25)26)4-6-15(14)27-2/h3-7,9H,8,10H2,1-2H3,(H2,21,25,26)(H,22,23,24). The first-order chi connectivity index (χ1) is 14.7. The molecule has 162 valence electrons. The van der Waals surface area contributed by atoms with Crippen LogP contribution in [-0.4, -0.2) is 33.2 Å². The number of amides is 1. The number of carbonyl (C=O) groups is 1. The lowest BCUT2D eigenvalue weighted by Crippen LogP contribution is -2.16. The molecule has 0 saturated carbocycles. The van der Waals surface area contributed by atoms with Crippen molar-refractivity contribution in [3.8, 4) is 17.2 Å². The molecule has 2 aromatic carbocycles. The molecular weight excluding hydrogens is 442 g/mol. The average molecular weight is 462 g/mol. The predicted molar refractivity (Wildman–Crippen MR) is 115 cm³/mol. The molecule has 1 aliphatic heterocycles. The highest BCUT2D eigenvalue weighted by molar-refractivity contribution is 7.89. The number of nitrogens with zero attached hydrogens (tertiary/aromatic N) is 1. The molecule has 0 atom stereocenters. The maximum absolute atomic E-state index is 12.8. The highest BCUT2D eigenvalue weighted by atomic mass is 32.2. The number of nitrogens with one attached hydrogen (secondary N) is 1. The fraction of sp³-hybridized carbons (Fsp3) is 0.200. The third-order valence-electron chi connectivity index (χ3n) is 4.66. The van der Waals surface area contributed by atoms with Crippen LogP contribution in [0.2, 0.25) is 0 Å². The Balaban J connectivity index is 1.55. The highest BCUT2D eigenvalue weighted by Gasteiger charge is 2.20. The summed E-state index contributed by atoms with van der Waals surface area (Å²) < 4.78 is 39.2. The molecule has 0 spiro atoms. The number of aromatic nitrogens is 1. The van der Waals surface area contributed by atoms with Crippen molar-refractivity contribution in [2.24, 2.45) is 5.14 Å². The minimum atomic E-state index is -3.97. The minimum absolute atomic E-state index is 0.0409. The molecule has 0 saturated heterocycles. The molecule has 31 heavy (non-hydrogen) atoms. The van der Waals surface area contributed by atoms with Crippen LogP contribution in [0.5, 0.6) is 17.2 Å². The summed E-state index contributed by atoms with van der Waals surface area (Å²) in [5.74, 6) is 1.09. The van der Waals surface area contributed by atoms with E-state index in [9.17, 15) is 13.2 Å². The fourth-order valence-corrected chi connectivity index (χ4v) is 4.62. The van der Waals surface area contributed by atoms with Crippen molar-refractivity contribution in [2.75, 3.05) is 19.2 Å². The Bertz CT molecular complexity index is 1270. The van der Waals surface area contributed by atoms with Crippen LogP contribution in [0.4, 0.5) is 5.13 Å². The first-order valence-corrected chi connectivity index (χ1v) is 11.5. The lowest BCUT2D eigenvalue weighted by molar-refractivity contribution is 0.102. The number of hydrogen-bond acceptors (Lipinski definition) is 8. The Labute approximate surface area is 182 Å². The smallest absolute Gasteiger partial charge is 0.261 e. The Morgan fingerprint density at radius 1 is 1.23 bits per heavy atom. The predicted octanol–water partition coefficient (Wildman–Crippen LogP) is 2.68. The van der Waals surface area contributed by atoms with E-state index in [1.165, 1.54) is 36.6 Å². The van der Waals surface area contributed by atoms with Crippen LogP contribution in [-0.2, 0) is 16.4 Å². The second-order valence-electron chi connectivity index (χ2n) is 6.75. The normalized spacial score (nSPS) is 12.6. The van der Waals surface area contributed by atoms with E-state index < -0.39 is 15.9 Å². The van der Waals surface area contributed by atoms with Gasteiger partial charge in [0.05, 0.1) is 23.3 Å². The summed E-state index contributed by atoms with van der Waals surface area (Å²) >= 11 is 1.33. The number of ether oxygens (including phenoxy) is 3. The molecule has 11 heteroatoms. The van der Waals surface area contributed by atoms with Crippen molar-refractivity contribution in [2.45, 2.75) is 18.2 Å². The second-order valence-corrected chi connectivity index (χ2v) is 9.40. The van der Waals surface area contributed by atoms with Crippen LogP contribution in [0.15, 0.2) is 41.3 Å². The summed E-state index contributed by atoms with van der Waals surface area (Å²) in [6, 6.07) is 9.58. The van der Waals surface area contributed by atoms with Crippen molar-refractivity contribution in [3.05, 3.63) is 58.1 Å². The largest absolute Gasteiger partial charge is 0.496 e. The first kappa shape index (κ1) is 21.1. The van der Waals surface area contributed by atoms with E-state index in [0.29, 0.717) is 23.1 Å². The molecule has 1 aromatic heterocycles. The number of methoxy groups -OCH3 is 1. The molecule has 0 unspecified atom stereocenters. The second kappa shape index (κ2) is 8.17. The van der Waals surface area contributed by atoms with Gasteiger partial charge in [-0.25, -0.2) is 18.5 Å². The molecule has 0 aliphatic carbocycles. The third kappa shape index (κ3) is 4.48. The van der Waals surface area contributed by atoms with Gasteiger partial charge in [-0.1, -0.05) is 6.07 Å². The van der Waals surface area contributed by atoms with Crippen molar-refractivity contribution in [1.29, 1.82) is 0 Å². The number of carbonyl (C=O) groups excluding carboxylic acids is 1. The highest BCUT2D eigenvalue weighted by Crippen LogP contribution is 2.34. The summed E-state index contributed by atoms with van der Waals surface area (Å²) in [6.07, 6.45) is 0.611. The fourth-order valence-electron chi connectivity index (χ4n) is 3.09. The van der Waals surface area contributed by atoms with Crippen molar-refractivity contribution < 1.29 is 27.4 Å². The molecule has 3 aromatic rings. The van der Waals surface area contributed by atoms with Gasteiger partial charge in [-0.2, -0.15) is 0 Å². The number of fused-ring (bicyclic) bond motifs is 1. The number of aryl methyl sites for hydroxylation is 1. The number of hydrogen-bond donors (Lipinski definition) is 2. The van der Waals surface area contributed by atoms with Crippen LogP contribution in [0, 0.1) is 6.92 Å². The quantitative estimate of drug-likeness (QED) is 0.577. The summed E-state index contributed by atoms with van der Waals surface area (Å²) in [6.45, 7) is 2.07. The minimum Gasteiger partial charge on any atom is -0.496 e. The maximum atomic E-state index is 12.8. The zero-order chi connectivity index (χ0) is 22.2.